The average Bonchev–Trinajstić information content (AvgIpc) is 2.45. The first kappa shape index (κ1) is 13.4. The minimum absolute atomic E-state index is 0.000139. The van der Waals surface area contributed by atoms with Crippen molar-refractivity contribution in [3.05, 3.63) is 35.4 Å². The predicted molar refractivity (Wildman–Crippen MR) is 76.5 cm³/mol. The molecule has 5 nitrogen and oxygen atoms in total. The molecule has 0 aliphatic carbocycles. The lowest BCUT2D eigenvalue weighted by Gasteiger charge is -2.48. The van der Waals surface area contributed by atoms with Gasteiger partial charge in [0, 0.05) is 26.2 Å². The number of benzene rings is 1. The lowest BCUT2D eigenvalue weighted by molar-refractivity contribution is -0.125. The molecule has 3 rings (SSSR count). The van der Waals surface area contributed by atoms with E-state index in [-0.39, 0.29) is 11.6 Å². The van der Waals surface area contributed by atoms with Gasteiger partial charge in [-0.15, -0.1) is 0 Å². The highest BCUT2D eigenvalue weighted by atomic mass is 16.5. The summed E-state index contributed by atoms with van der Waals surface area (Å²) in [5, 5.41) is 6.20. The maximum absolute atomic E-state index is 12.2. The normalized spacial score (nSPS) is 20.6. The fraction of sp³-hybridized carbons (Fsp3) is 0.533. The smallest absolute Gasteiger partial charge is 0.317 e. The summed E-state index contributed by atoms with van der Waals surface area (Å²) in [6.45, 7) is 6.29. The van der Waals surface area contributed by atoms with E-state index in [1.807, 2.05) is 17.0 Å². The van der Waals surface area contributed by atoms with Gasteiger partial charge in [-0.1, -0.05) is 29.8 Å². The second-order valence-electron chi connectivity index (χ2n) is 5.70. The number of amides is 2. The van der Waals surface area contributed by atoms with Gasteiger partial charge in [0.05, 0.1) is 13.2 Å². The van der Waals surface area contributed by atoms with Crippen molar-refractivity contribution in [1.29, 1.82) is 0 Å². The first-order chi connectivity index (χ1) is 9.67. The number of aryl methyl sites for hydroxylation is 1. The quantitative estimate of drug-likeness (QED) is 0.842. The zero-order valence-electron chi connectivity index (χ0n) is 11.8. The molecular weight excluding hydrogens is 254 g/mol. The Morgan fingerprint density at radius 3 is 2.80 bits per heavy atom. The molecule has 0 bridgehead atoms. The fourth-order valence-electron chi connectivity index (χ4n) is 2.63. The maximum Gasteiger partial charge on any atom is 0.317 e. The molecule has 0 saturated carbocycles. The van der Waals surface area contributed by atoms with E-state index in [9.17, 15) is 4.79 Å². The van der Waals surface area contributed by atoms with Crippen molar-refractivity contribution < 1.29 is 9.53 Å². The number of morpholine rings is 1. The van der Waals surface area contributed by atoms with Gasteiger partial charge in [0.2, 0.25) is 0 Å². The van der Waals surface area contributed by atoms with E-state index < -0.39 is 0 Å². The number of hydrogen-bond donors (Lipinski definition) is 2. The fourth-order valence-corrected chi connectivity index (χ4v) is 2.63. The van der Waals surface area contributed by atoms with Crippen LogP contribution in [0.25, 0.3) is 0 Å². The van der Waals surface area contributed by atoms with Gasteiger partial charge in [-0.3, -0.25) is 0 Å². The van der Waals surface area contributed by atoms with Crippen molar-refractivity contribution in [2.24, 2.45) is 0 Å². The molecule has 0 radical (unpaired) electrons. The van der Waals surface area contributed by atoms with Crippen LogP contribution in [0.15, 0.2) is 24.3 Å². The van der Waals surface area contributed by atoms with Gasteiger partial charge >= 0.3 is 6.03 Å². The molecule has 2 heterocycles. The second-order valence-corrected chi connectivity index (χ2v) is 5.70. The Morgan fingerprint density at radius 1 is 1.40 bits per heavy atom. The van der Waals surface area contributed by atoms with Gasteiger partial charge in [0.15, 0.2) is 0 Å². The van der Waals surface area contributed by atoms with Crippen LogP contribution in [0.4, 0.5) is 4.79 Å². The van der Waals surface area contributed by atoms with E-state index >= 15 is 0 Å². The number of carbonyl (C=O) groups excluding carboxylic acids is 1. The molecule has 0 unspecified atom stereocenters. The summed E-state index contributed by atoms with van der Waals surface area (Å²) in [4.78, 5) is 14.1. The SMILES string of the molecule is Cc1ccc(CNC(=O)N2CCOC3(CNC3)C2)cc1. The second kappa shape index (κ2) is 5.42. The largest absolute Gasteiger partial charge is 0.369 e. The van der Waals surface area contributed by atoms with E-state index in [0.717, 1.165) is 18.7 Å². The summed E-state index contributed by atoms with van der Waals surface area (Å²) in [7, 11) is 0. The molecule has 2 saturated heterocycles. The third-order valence-corrected chi connectivity index (χ3v) is 3.99. The van der Waals surface area contributed by atoms with Crippen LogP contribution < -0.4 is 10.6 Å². The molecule has 2 N–H and O–H groups in total. The highest BCUT2D eigenvalue weighted by Gasteiger charge is 2.43. The zero-order chi connectivity index (χ0) is 14.0. The summed E-state index contributed by atoms with van der Waals surface area (Å²) in [6.07, 6.45) is 0. The topological polar surface area (TPSA) is 53.6 Å². The molecule has 108 valence electrons. The third kappa shape index (κ3) is 2.78. The number of rotatable bonds is 2. The van der Waals surface area contributed by atoms with Crippen molar-refractivity contribution in [3.63, 3.8) is 0 Å². The molecule has 1 spiro atoms. The van der Waals surface area contributed by atoms with Gasteiger partial charge in [0.25, 0.3) is 0 Å². The van der Waals surface area contributed by atoms with Gasteiger partial charge in [0.1, 0.15) is 5.60 Å². The molecule has 2 aliphatic rings. The summed E-state index contributed by atoms with van der Waals surface area (Å²) in [6, 6.07) is 8.22. The minimum Gasteiger partial charge on any atom is -0.369 e. The molecular formula is C15H21N3O2. The van der Waals surface area contributed by atoms with Crippen LogP contribution in [-0.2, 0) is 11.3 Å². The number of carbonyl (C=O) groups is 1. The summed E-state index contributed by atoms with van der Waals surface area (Å²) in [5.41, 5.74) is 2.21. The van der Waals surface area contributed by atoms with Crippen molar-refractivity contribution in [2.75, 3.05) is 32.8 Å². The predicted octanol–water partition coefficient (Wildman–Crippen LogP) is 0.879. The Labute approximate surface area is 119 Å². The highest BCUT2D eigenvalue weighted by molar-refractivity contribution is 5.74. The summed E-state index contributed by atoms with van der Waals surface area (Å²) in [5.74, 6) is 0. The molecule has 0 aromatic heterocycles. The number of hydrogen-bond acceptors (Lipinski definition) is 3. The lowest BCUT2D eigenvalue weighted by atomic mass is 9.95. The van der Waals surface area contributed by atoms with Crippen LogP contribution in [0.3, 0.4) is 0 Å². The monoisotopic (exact) mass is 275 g/mol. The van der Waals surface area contributed by atoms with Crippen LogP contribution in [0.1, 0.15) is 11.1 Å². The van der Waals surface area contributed by atoms with Crippen LogP contribution in [-0.4, -0.2) is 49.3 Å². The van der Waals surface area contributed by atoms with E-state index in [1.165, 1.54) is 5.56 Å². The first-order valence-electron chi connectivity index (χ1n) is 7.10. The van der Waals surface area contributed by atoms with Crippen molar-refractivity contribution in [2.45, 2.75) is 19.1 Å². The van der Waals surface area contributed by atoms with E-state index in [0.29, 0.717) is 26.2 Å². The first-order valence-corrected chi connectivity index (χ1v) is 7.10. The average molecular weight is 275 g/mol. The van der Waals surface area contributed by atoms with E-state index in [4.69, 9.17) is 4.74 Å². The van der Waals surface area contributed by atoms with Crippen molar-refractivity contribution in [1.82, 2.24) is 15.5 Å². The van der Waals surface area contributed by atoms with Gasteiger partial charge < -0.3 is 20.3 Å². The van der Waals surface area contributed by atoms with Crippen LogP contribution in [0.5, 0.6) is 0 Å². The van der Waals surface area contributed by atoms with E-state index in [2.05, 4.69) is 29.7 Å². The van der Waals surface area contributed by atoms with Crippen LogP contribution >= 0.6 is 0 Å². The van der Waals surface area contributed by atoms with Gasteiger partial charge in [-0.05, 0) is 12.5 Å². The molecule has 5 heteroatoms. The van der Waals surface area contributed by atoms with Gasteiger partial charge in [-0.2, -0.15) is 0 Å². The Morgan fingerprint density at radius 2 is 2.15 bits per heavy atom. The third-order valence-electron chi connectivity index (χ3n) is 3.99. The highest BCUT2D eigenvalue weighted by Crippen LogP contribution is 2.22. The zero-order valence-corrected chi connectivity index (χ0v) is 11.8. The van der Waals surface area contributed by atoms with Crippen molar-refractivity contribution in [3.8, 4) is 0 Å². The Bertz CT molecular complexity index is 482. The Kier molecular flexibility index (Phi) is 3.63. The number of nitrogens with zero attached hydrogens (tertiary/aromatic N) is 1. The molecule has 2 aliphatic heterocycles. The van der Waals surface area contributed by atoms with E-state index in [1.54, 1.807) is 0 Å². The summed E-state index contributed by atoms with van der Waals surface area (Å²) >= 11 is 0. The molecule has 1 aromatic carbocycles. The van der Waals surface area contributed by atoms with Crippen molar-refractivity contribution >= 4 is 6.03 Å². The Hall–Kier alpha value is -1.59. The molecule has 2 amide bonds. The molecule has 1 aromatic rings. The van der Waals surface area contributed by atoms with Crippen LogP contribution in [0, 0.1) is 6.92 Å². The molecule has 20 heavy (non-hydrogen) atoms. The molecule has 0 atom stereocenters. The standard InChI is InChI=1S/C15H21N3O2/c1-12-2-4-13(5-3-12)8-17-14(19)18-6-7-20-15(11-18)9-16-10-15/h2-5,16H,6-11H2,1H3,(H,17,19). The lowest BCUT2D eigenvalue weighted by Crippen LogP contribution is -2.69. The van der Waals surface area contributed by atoms with Crippen LogP contribution in [0.2, 0.25) is 0 Å². The number of ether oxygens (including phenoxy) is 1. The number of urea groups is 1. The maximum atomic E-state index is 12.2. The Balaban J connectivity index is 1.52. The summed E-state index contributed by atoms with van der Waals surface area (Å²) < 4.78 is 5.77. The van der Waals surface area contributed by atoms with Gasteiger partial charge in [-0.25, -0.2) is 4.79 Å². The molecule has 2 fully saturated rings. The number of nitrogens with one attached hydrogen (secondary N) is 2. The minimum atomic E-state index is -0.139.